The number of thioether (sulfide) groups is 1. The lowest BCUT2D eigenvalue weighted by Gasteiger charge is -2.19. The highest BCUT2D eigenvalue weighted by atomic mass is 32.2. The normalized spacial score (nSPS) is 18.2. The van der Waals surface area contributed by atoms with Gasteiger partial charge in [-0.2, -0.15) is 0 Å². The van der Waals surface area contributed by atoms with Gasteiger partial charge in [-0.3, -0.25) is 14.5 Å². The molecule has 2 aromatic carbocycles. The summed E-state index contributed by atoms with van der Waals surface area (Å²) in [6, 6.07) is 20.1. The predicted molar refractivity (Wildman–Crippen MR) is 117 cm³/mol. The number of carbonyl (C=O) groups is 3. The van der Waals surface area contributed by atoms with Gasteiger partial charge in [-0.1, -0.05) is 42.5 Å². The SMILES string of the molecule is CC1(c2ccco2)NC(=O)N(CC(=O)Nc2ccccc2SCc2ccccc2)C1=O. The van der Waals surface area contributed by atoms with Crippen LogP contribution in [0.25, 0.3) is 0 Å². The number of hydrogen-bond acceptors (Lipinski definition) is 5. The average Bonchev–Trinajstić information content (AvgIpc) is 3.39. The van der Waals surface area contributed by atoms with E-state index in [2.05, 4.69) is 10.6 Å². The van der Waals surface area contributed by atoms with E-state index >= 15 is 0 Å². The van der Waals surface area contributed by atoms with Gasteiger partial charge in [-0.25, -0.2) is 4.79 Å². The van der Waals surface area contributed by atoms with E-state index in [0.717, 1.165) is 15.5 Å². The molecule has 158 valence electrons. The molecule has 0 aliphatic carbocycles. The van der Waals surface area contributed by atoms with Gasteiger partial charge in [0.15, 0.2) is 5.54 Å². The molecular weight excluding hydrogens is 414 g/mol. The molecule has 1 unspecified atom stereocenters. The number of rotatable bonds is 7. The lowest BCUT2D eigenvalue weighted by molar-refractivity contribution is -0.134. The van der Waals surface area contributed by atoms with Gasteiger partial charge >= 0.3 is 6.03 Å². The van der Waals surface area contributed by atoms with Crippen molar-refractivity contribution in [2.24, 2.45) is 0 Å². The van der Waals surface area contributed by atoms with Gasteiger partial charge in [0.25, 0.3) is 5.91 Å². The van der Waals surface area contributed by atoms with Crippen LogP contribution >= 0.6 is 11.8 Å². The first kappa shape index (κ1) is 20.7. The van der Waals surface area contributed by atoms with Crippen molar-refractivity contribution in [1.29, 1.82) is 0 Å². The Kier molecular flexibility index (Phi) is 5.81. The van der Waals surface area contributed by atoms with Gasteiger partial charge < -0.3 is 15.1 Å². The third kappa shape index (κ3) is 4.34. The summed E-state index contributed by atoms with van der Waals surface area (Å²) >= 11 is 1.60. The smallest absolute Gasteiger partial charge is 0.325 e. The standard InChI is InChI=1S/C23H21N3O4S/c1-23(19-12-7-13-30-19)21(28)26(22(29)25-23)14-20(27)24-17-10-5-6-11-18(17)31-15-16-8-3-2-4-9-16/h2-13H,14-15H2,1H3,(H,24,27)(H,25,29). The summed E-state index contributed by atoms with van der Waals surface area (Å²) in [5, 5.41) is 5.43. The van der Waals surface area contributed by atoms with Gasteiger partial charge in [0.2, 0.25) is 5.91 Å². The molecule has 0 spiro atoms. The van der Waals surface area contributed by atoms with Gasteiger partial charge in [0.1, 0.15) is 12.3 Å². The molecule has 0 bridgehead atoms. The Balaban J connectivity index is 1.42. The van der Waals surface area contributed by atoms with E-state index < -0.39 is 29.9 Å². The minimum absolute atomic E-state index is 0.316. The summed E-state index contributed by atoms with van der Waals surface area (Å²) in [5.41, 5.74) is 0.476. The Morgan fingerprint density at radius 1 is 1.06 bits per heavy atom. The van der Waals surface area contributed by atoms with Gasteiger partial charge in [-0.15, -0.1) is 11.8 Å². The predicted octanol–water partition coefficient (Wildman–Crippen LogP) is 3.98. The zero-order valence-electron chi connectivity index (χ0n) is 16.8. The van der Waals surface area contributed by atoms with E-state index in [-0.39, 0.29) is 0 Å². The molecule has 2 heterocycles. The van der Waals surface area contributed by atoms with Crippen LogP contribution in [0, 0.1) is 0 Å². The number of furan rings is 1. The number of anilines is 1. The van der Waals surface area contributed by atoms with Crippen LogP contribution in [0.4, 0.5) is 10.5 Å². The highest BCUT2D eigenvalue weighted by Gasteiger charge is 2.51. The Hall–Kier alpha value is -3.52. The van der Waals surface area contributed by atoms with Crippen LogP contribution in [0.5, 0.6) is 0 Å². The average molecular weight is 436 g/mol. The van der Waals surface area contributed by atoms with Crippen molar-refractivity contribution < 1.29 is 18.8 Å². The van der Waals surface area contributed by atoms with Gasteiger partial charge in [0.05, 0.1) is 12.0 Å². The molecule has 4 rings (SSSR count). The molecule has 1 atom stereocenters. The van der Waals surface area contributed by atoms with Crippen molar-refractivity contribution in [2.45, 2.75) is 23.1 Å². The number of para-hydroxylation sites is 1. The second-order valence-corrected chi connectivity index (χ2v) is 8.26. The first-order valence-electron chi connectivity index (χ1n) is 9.71. The molecule has 1 aliphatic heterocycles. The number of benzene rings is 2. The van der Waals surface area contributed by atoms with Crippen molar-refractivity contribution in [1.82, 2.24) is 10.2 Å². The first-order valence-corrected chi connectivity index (χ1v) is 10.7. The maximum atomic E-state index is 12.8. The topological polar surface area (TPSA) is 91.7 Å². The van der Waals surface area contributed by atoms with Crippen LogP contribution in [0.15, 0.2) is 82.3 Å². The molecule has 0 radical (unpaired) electrons. The van der Waals surface area contributed by atoms with E-state index in [0.29, 0.717) is 11.4 Å². The van der Waals surface area contributed by atoms with E-state index in [1.54, 1.807) is 36.9 Å². The Morgan fingerprint density at radius 2 is 1.81 bits per heavy atom. The Morgan fingerprint density at radius 3 is 2.55 bits per heavy atom. The van der Waals surface area contributed by atoms with Gasteiger partial charge in [-0.05, 0) is 36.8 Å². The summed E-state index contributed by atoms with van der Waals surface area (Å²) in [5.74, 6) is 0.0770. The van der Waals surface area contributed by atoms with Crippen LogP contribution in [0.1, 0.15) is 18.2 Å². The maximum absolute atomic E-state index is 12.8. The van der Waals surface area contributed by atoms with Crippen LogP contribution in [0.2, 0.25) is 0 Å². The number of imide groups is 1. The van der Waals surface area contributed by atoms with E-state index in [1.807, 2.05) is 48.5 Å². The third-order valence-corrected chi connectivity index (χ3v) is 6.13. The van der Waals surface area contributed by atoms with Crippen molar-refractivity contribution in [3.8, 4) is 0 Å². The Bertz CT molecular complexity index is 1100. The molecule has 1 saturated heterocycles. The summed E-state index contributed by atoms with van der Waals surface area (Å²) in [6.07, 6.45) is 1.43. The molecule has 3 aromatic rings. The molecule has 8 heteroatoms. The number of nitrogens with zero attached hydrogens (tertiary/aromatic N) is 1. The summed E-state index contributed by atoms with van der Waals surface area (Å²) in [4.78, 5) is 39.7. The number of carbonyl (C=O) groups excluding carboxylic acids is 3. The quantitative estimate of drug-likeness (QED) is 0.433. The number of amides is 4. The zero-order chi connectivity index (χ0) is 21.8. The largest absolute Gasteiger partial charge is 0.466 e. The number of urea groups is 1. The second-order valence-electron chi connectivity index (χ2n) is 7.24. The van der Waals surface area contributed by atoms with Crippen LogP contribution < -0.4 is 10.6 Å². The molecule has 4 amide bonds. The van der Waals surface area contributed by atoms with Crippen LogP contribution in [-0.2, 0) is 20.9 Å². The second kappa shape index (κ2) is 8.69. The molecule has 1 aromatic heterocycles. The fourth-order valence-electron chi connectivity index (χ4n) is 3.34. The van der Waals surface area contributed by atoms with E-state index in [4.69, 9.17) is 4.42 Å². The molecule has 1 fully saturated rings. The summed E-state index contributed by atoms with van der Waals surface area (Å²) < 4.78 is 5.30. The summed E-state index contributed by atoms with van der Waals surface area (Å²) in [7, 11) is 0. The van der Waals surface area contributed by atoms with Crippen molar-refractivity contribution in [2.75, 3.05) is 11.9 Å². The van der Waals surface area contributed by atoms with Crippen LogP contribution in [-0.4, -0.2) is 29.3 Å². The van der Waals surface area contributed by atoms with Crippen LogP contribution in [0.3, 0.4) is 0 Å². The number of nitrogens with one attached hydrogen (secondary N) is 2. The van der Waals surface area contributed by atoms with Crippen molar-refractivity contribution >= 4 is 35.3 Å². The fraction of sp³-hybridized carbons (Fsp3) is 0.174. The number of hydrogen-bond donors (Lipinski definition) is 2. The minimum Gasteiger partial charge on any atom is -0.466 e. The van der Waals surface area contributed by atoms with E-state index in [1.165, 1.54) is 11.8 Å². The molecule has 31 heavy (non-hydrogen) atoms. The van der Waals surface area contributed by atoms with Crippen molar-refractivity contribution in [3.63, 3.8) is 0 Å². The highest BCUT2D eigenvalue weighted by molar-refractivity contribution is 7.98. The van der Waals surface area contributed by atoms with Crippen molar-refractivity contribution in [3.05, 3.63) is 84.3 Å². The zero-order valence-corrected chi connectivity index (χ0v) is 17.6. The first-order chi connectivity index (χ1) is 15.0. The Labute approximate surface area is 183 Å². The molecular formula is C23H21N3O4S. The fourth-order valence-corrected chi connectivity index (χ4v) is 4.30. The monoisotopic (exact) mass is 435 g/mol. The van der Waals surface area contributed by atoms with Gasteiger partial charge in [0, 0.05) is 10.6 Å². The highest BCUT2D eigenvalue weighted by Crippen LogP contribution is 2.31. The maximum Gasteiger partial charge on any atom is 0.325 e. The lowest BCUT2D eigenvalue weighted by atomic mass is 9.99. The summed E-state index contributed by atoms with van der Waals surface area (Å²) in [6.45, 7) is 1.16. The third-order valence-electron chi connectivity index (χ3n) is 4.99. The lowest BCUT2D eigenvalue weighted by Crippen LogP contribution is -2.41. The molecule has 2 N–H and O–H groups in total. The minimum atomic E-state index is -1.33. The molecule has 1 aliphatic rings. The molecule has 7 nitrogen and oxygen atoms in total. The van der Waals surface area contributed by atoms with E-state index in [9.17, 15) is 14.4 Å². The molecule has 0 saturated carbocycles.